The molecule has 1 aliphatic heterocycles. The molecule has 0 spiro atoms. The van der Waals surface area contributed by atoms with Crippen LogP contribution < -0.4 is 10.1 Å². The molecule has 3 rings (SSSR count). The summed E-state index contributed by atoms with van der Waals surface area (Å²) in [4.78, 5) is 19.6. The van der Waals surface area contributed by atoms with Crippen LogP contribution in [0.25, 0.3) is 0 Å². The monoisotopic (exact) mass is 483 g/mol. The summed E-state index contributed by atoms with van der Waals surface area (Å²) in [5.41, 5.74) is 0.948. The topological polar surface area (TPSA) is 54.5 Å². The molecule has 1 aliphatic carbocycles. The van der Waals surface area contributed by atoms with Crippen molar-refractivity contribution >= 4 is 17.2 Å². The molecule has 1 aromatic heterocycles. The number of carbonyl (C=O) groups excluding carboxylic acids is 1. The lowest BCUT2D eigenvalue weighted by Gasteiger charge is -2.30. The number of alkyl halides is 5. The number of nitrogens with one attached hydrogen (secondary N) is 1. The van der Waals surface area contributed by atoms with Crippen LogP contribution in [0.2, 0.25) is 0 Å². The molecule has 0 saturated heterocycles. The van der Waals surface area contributed by atoms with Crippen molar-refractivity contribution in [2.24, 2.45) is 5.92 Å². The van der Waals surface area contributed by atoms with E-state index in [-0.39, 0.29) is 6.04 Å². The van der Waals surface area contributed by atoms with Crippen molar-refractivity contribution in [3.8, 4) is 5.19 Å². The summed E-state index contributed by atoms with van der Waals surface area (Å²) in [7, 11) is 0. The van der Waals surface area contributed by atoms with Crippen molar-refractivity contribution in [3.05, 3.63) is 10.6 Å². The zero-order valence-electron chi connectivity index (χ0n) is 17.9. The predicted molar refractivity (Wildman–Crippen MR) is 111 cm³/mol. The Morgan fingerprint density at radius 1 is 1.19 bits per heavy atom. The molecule has 11 heteroatoms. The molecule has 1 N–H and O–H groups in total. The van der Waals surface area contributed by atoms with E-state index >= 15 is 0 Å². The van der Waals surface area contributed by atoms with Crippen molar-refractivity contribution in [3.63, 3.8) is 0 Å². The quantitative estimate of drug-likeness (QED) is 0.522. The van der Waals surface area contributed by atoms with Gasteiger partial charge in [-0.3, -0.25) is 4.79 Å². The van der Waals surface area contributed by atoms with E-state index in [1.165, 1.54) is 11.3 Å². The highest BCUT2D eigenvalue weighted by molar-refractivity contribution is 7.13. The van der Waals surface area contributed by atoms with Gasteiger partial charge in [0, 0.05) is 36.9 Å². The van der Waals surface area contributed by atoms with Crippen molar-refractivity contribution < 1.29 is 31.5 Å². The maximum atomic E-state index is 12.3. The lowest BCUT2D eigenvalue weighted by Crippen LogP contribution is -2.38. The molecule has 1 aromatic rings. The van der Waals surface area contributed by atoms with E-state index in [4.69, 9.17) is 4.74 Å². The third kappa shape index (κ3) is 8.46. The lowest BCUT2D eigenvalue weighted by atomic mass is 9.84. The number of aromatic nitrogens is 1. The molecule has 0 aromatic carbocycles. The zero-order chi connectivity index (χ0) is 23.1. The van der Waals surface area contributed by atoms with E-state index in [1.54, 1.807) is 0 Å². The van der Waals surface area contributed by atoms with Gasteiger partial charge in [-0.25, -0.2) is 13.8 Å². The minimum Gasteiger partial charge on any atom is -0.464 e. The normalized spacial score (nSPS) is 22.4. The minimum absolute atomic E-state index is 0.0197. The number of amides is 1. The Hall–Kier alpha value is -1.49. The van der Waals surface area contributed by atoms with Gasteiger partial charge in [0.15, 0.2) is 6.61 Å². The van der Waals surface area contributed by atoms with Crippen LogP contribution in [0.3, 0.4) is 0 Å². The van der Waals surface area contributed by atoms with Crippen LogP contribution in [0.1, 0.15) is 55.5 Å². The Morgan fingerprint density at radius 3 is 2.59 bits per heavy atom. The van der Waals surface area contributed by atoms with Gasteiger partial charge in [-0.05, 0) is 51.0 Å². The molecule has 0 radical (unpaired) electrons. The summed E-state index contributed by atoms with van der Waals surface area (Å²) >= 11 is 1.36. The average Bonchev–Trinajstić information content (AvgIpc) is 3.03. The number of nitrogens with zero attached hydrogens (tertiary/aromatic N) is 2. The summed E-state index contributed by atoms with van der Waals surface area (Å²) in [6, 6.07) is -0.0197. The standard InChI is InChI=1S/C21H30F5N3O2S/c22-18(23)13-31-20-28-16-7-11-29(12-8-17(16)32-20)10-6-14-1-3-15(4-2-14)27-19(30)5-9-21(24,25)26/h14-15,18H,1-13H2,(H,27,30). The van der Waals surface area contributed by atoms with Gasteiger partial charge in [-0.15, -0.1) is 0 Å². The summed E-state index contributed by atoms with van der Waals surface area (Å²) < 4.78 is 66.3. The Bertz CT molecular complexity index is 710. The highest BCUT2D eigenvalue weighted by Gasteiger charge is 2.29. The van der Waals surface area contributed by atoms with E-state index in [1.807, 2.05) is 0 Å². The molecular formula is C21H30F5N3O2S. The second-order valence-corrected chi connectivity index (χ2v) is 9.63. The van der Waals surface area contributed by atoms with Crippen molar-refractivity contribution in [1.29, 1.82) is 0 Å². The molecule has 0 unspecified atom stereocenters. The Morgan fingerprint density at radius 2 is 1.91 bits per heavy atom. The minimum atomic E-state index is -4.30. The van der Waals surface area contributed by atoms with E-state index < -0.39 is 38.0 Å². The number of fused-ring (bicyclic) bond motifs is 1. The first-order valence-electron chi connectivity index (χ1n) is 11.2. The van der Waals surface area contributed by atoms with Gasteiger partial charge in [-0.2, -0.15) is 13.2 Å². The fraction of sp³-hybridized carbons (Fsp3) is 0.810. The number of thiazole rings is 1. The summed E-state index contributed by atoms with van der Waals surface area (Å²) in [5.74, 6) is 0.0438. The summed E-state index contributed by atoms with van der Waals surface area (Å²) in [6.07, 6.45) is -2.15. The molecule has 1 fully saturated rings. The maximum absolute atomic E-state index is 12.3. The van der Waals surface area contributed by atoms with Gasteiger partial charge in [0.25, 0.3) is 11.6 Å². The number of hydrogen-bond donors (Lipinski definition) is 1. The van der Waals surface area contributed by atoms with E-state index in [0.717, 1.165) is 75.2 Å². The fourth-order valence-corrected chi connectivity index (χ4v) is 5.27. The molecule has 32 heavy (non-hydrogen) atoms. The molecule has 2 heterocycles. The Labute approximate surface area is 188 Å². The van der Waals surface area contributed by atoms with Gasteiger partial charge < -0.3 is 15.0 Å². The average molecular weight is 484 g/mol. The highest BCUT2D eigenvalue weighted by Crippen LogP contribution is 2.30. The molecule has 1 saturated carbocycles. The van der Waals surface area contributed by atoms with Gasteiger partial charge in [-0.1, -0.05) is 11.3 Å². The van der Waals surface area contributed by atoms with Crippen LogP contribution in [0.4, 0.5) is 22.0 Å². The van der Waals surface area contributed by atoms with E-state index in [0.29, 0.717) is 11.1 Å². The Kier molecular flexibility index (Phi) is 9.10. The molecule has 182 valence electrons. The van der Waals surface area contributed by atoms with Crippen molar-refractivity contribution in [2.45, 2.75) is 76.4 Å². The van der Waals surface area contributed by atoms with Gasteiger partial charge in [0.05, 0.1) is 12.1 Å². The number of ether oxygens (including phenoxy) is 1. The van der Waals surface area contributed by atoms with Crippen LogP contribution in [0.5, 0.6) is 5.19 Å². The van der Waals surface area contributed by atoms with Gasteiger partial charge in [0.1, 0.15) is 0 Å². The van der Waals surface area contributed by atoms with Crippen LogP contribution in [-0.2, 0) is 17.6 Å². The molecule has 0 bridgehead atoms. The molecule has 1 amide bonds. The van der Waals surface area contributed by atoms with Crippen LogP contribution in [0, 0.1) is 5.92 Å². The number of halogens is 5. The first kappa shape index (κ1) is 25.1. The fourth-order valence-electron chi connectivity index (χ4n) is 4.32. The maximum Gasteiger partial charge on any atom is 0.389 e. The van der Waals surface area contributed by atoms with Crippen LogP contribution >= 0.6 is 11.3 Å². The lowest BCUT2D eigenvalue weighted by molar-refractivity contribution is -0.144. The van der Waals surface area contributed by atoms with Gasteiger partial charge >= 0.3 is 6.18 Å². The van der Waals surface area contributed by atoms with Crippen LogP contribution in [-0.4, -0.2) is 60.7 Å². The molecule has 0 atom stereocenters. The second kappa shape index (κ2) is 11.6. The summed E-state index contributed by atoms with van der Waals surface area (Å²) in [6.45, 7) is 2.11. The number of rotatable bonds is 9. The smallest absolute Gasteiger partial charge is 0.389 e. The van der Waals surface area contributed by atoms with Crippen molar-refractivity contribution in [1.82, 2.24) is 15.2 Å². The number of hydrogen-bond acceptors (Lipinski definition) is 5. The third-order valence-electron chi connectivity index (χ3n) is 6.11. The second-order valence-electron chi connectivity index (χ2n) is 8.58. The predicted octanol–water partition coefficient (Wildman–Crippen LogP) is 4.60. The molecule has 2 aliphatic rings. The first-order valence-corrected chi connectivity index (χ1v) is 12.0. The van der Waals surface area contributed by atoms with Gasteiger partial charge in [0.2, 0.25) is 5.91 Å². The number of carbonyl (C=O) groups is 1. The molecular weight excluding hydrogens is 453 g/mol. The Balaban J connectivity index is 1.32. The van der Waals surface area contributed by atoms with E-state index in [9.17, 15) is 26.7 Å². The molecule has 5 nitrogen and oxygen atoms in total. The van der Waals surface area contributed by atoms with Crippen molar-refractivity contribution in [2.75, 3.05) is 26.2 Å². The highest BCUT2D eigenvalue weighted by atomic mass is 32.1. The SMILES string of the molecule is O=C(CCC(F)(F)F)NC1CCC(CCN2CCc3nc(OCC(F)F)sc3CC2)CC1. The summed E-state index contributed by atoms with van der Waals surface area (Å²) in [5, 5.41) is 3.07. The zero-order valence-corrected chi connectivity index (χ0v) is 18.7. The first-order chi connectivity index (χ1) is 15.2. The van der Waals surface area contributed by atoms with E-state index in [2.05, 4.69) is 15.2 Å². The largest absolute Gasteiger partial charge is 0.464 e. The van der Waals surface area contributed by atoms with Crippen LogP contribution in [0.15, 0.2) is 0 Å². The third-order valence-corrected chi connectivity index (χ3v) is 7.18.